The number of halogens is 1. The minimum atomic E-state index is -3.79. The predicted molar refractivity (Wildman–Crippen MR) is 84.6 cm³/mol. The number of aryl methyl sites for hydroxylation is 1. The largest absolute Gasteiger partial charge is 0.376 e. The van der Waals surface area contributed by atoms with Crippen molar-refractivity contribution in [2.24, 2.45) is 7.05 Å². The second-order valence-electron chi connectivity index (χ2n) is 4.78. The van der Waals surface area contributed by atoms with E-state index in [0.29, 0.717) is 5.69 Å². The molecular weight excluding hydrogens is 312 g/mol. The molecule has 0 radical (unpaired) electrons. The van der Waals surface area contributed by atoms with Crippen molar-refractivity contribution in [2.75, 3.05) is 30.3 Å². The lowest BCUT2D eigenvalue weighted by Crippen LogP contribution is -2.30. The number of rotatable bonds is 4. The SMILES string of the molecule is CN(C)c1ccccc1N(C)S(=O)(=O)c1c(Cl)cnn1C. The molecule has 8 heteroatoms. The molecule has 1 heterocycles. The number of aromatic nitrogens is 2. The van der Waals surface area contributed by atoms with Gasteiger partial charge in [0.25, 0.3) is 10.0 Å². The van der Waals surface area contributed by atoms with Crippen molar-refractivity contribution in [3.63, 3.8) is 0 Å². The molecule has 0 aliphatic rings. The Bertz CT molecular complexity index is 736. The summed E-state index contributed by atoms with van der Waals surface area (Å²) < 4.78 is 28.0. The van der Waals surface area contributed by atoms with Crippen molar-refractivity contribution >= 4 is 33.0 Å². The van der Waals surface area contributed by atoms with E-state index in [0.717, 1.165) is 5.69 Å². The van der Waals surface area contributed by atoms with Crippen molar-refractivity contribution in [2.45, 2.75) is 5.03 Å². The number of benzene rings is 1. The summed E-state index contributed by atoms with van der Waals surface area (Å²) in [5.41, 5.74) is 1.36. The molecule has 0 amide bonds. The summed E-state index contributed by atoms with van der Waals surface area (Å²) in [4.78, 5) is 1.85. The lowest BCUT2D eigenvalue weighted by molar-refractivity contribution is 0.575. The van der Waals surface area contributed by atoms with Crippen LogP contribution in [0.1, 0.15) is 0 Å². The maximum absolute atomic E-state index is 12.8. The quantitative estimate of drug-likeness (QED) is 0.861. The highest BCUT2D eigenvalue weighted by molar-refractivity contribution is 7.92. The molecule has 0 spiro atoms. The third-order valence-corrected chi connectivity index (χ3v) is 5.43. The third kappa shape index (κ3) is 2.71. The fourth-order valence-corrected chi connectivity index (χ4v) is 3.87. The summed E-state index contributed by atoms with van der Waals surface area (Å²) in [6.45, 7) is 0. The Morgan fingerprint density at radius 2 is 1.71 bits per heavy atom. The molecule has 6 nitrogen and oxygen atoms in total. The first-order chi connectivity index (χ1) is 9.76. The van der Waals surface area contributed by atoms with Crippen LogP contribution in [0.5, 0.6) is 0 Å². The summed E-state index contributed by atoms with van der Waals surface area (Å²) in [7, 11) is 2.97. The van der Waals surface area contributed by atoms with E-state index >= 15 is 0 Å². The van der Waals surface area contributed by atoms with E-state index in [1.807, 2.05) is 31.1 Å². The molecule has 2 rings (SSSR count). The Morgan fingerprint density at radius 1 is 1.14 bits per heavy atom. The maximum Gasteiger partial charge on any atom is 0.282 e. The highest BCUT2D eigenvalue weighted by atomic mass is 35.5. The van der Waals surface area contributed by atoms with E-state index in [2.05, 4.69) is 5.10 Å². The number of hydrogen-bond donors (Lipinski definition) is 0. The number of para-hydroxylation sites is 2. The smallest absolute Gasteiger partial charge is 0.282 e. The van der Waals surface area contributed by atoms with Crippen LogP contribution in [0.3, 0.4) is 0 Å². The molecule has 1 aromatic heterocycles. The highest BCUT2D eigenvalue weighted by Gasteiger charge is 2.29. The summed E-state index contributed by atoms with van der Waals surface area (Å²) in [6, 6.07) is 7.25. The molecule has 0 saturated heterocycles. The van der Waals surface area contributed by atoms with Gasteiger partial charge in [0.15, 0.2) is 5.03 Å². The van der Waals surface area contributed by atoms with Crippen molar-refractivity contribution in [1.82, 2.24) is 9.78 Å². The maximum atomic E-state index is 12.8. The lowest BCUT2D eigenvalue weighted by Gasteiger charge is -2.25. The molecule has 0 aliphatic carbocycles. The predicted octanol–water partition coefficient (Wildman–Crippen LogP) is 1.96. The summed E-state index contributed by atoms with van der Waals surface area (Å²) >= 11 is 5.96. The van der Waals surface area contributed by atoms with Crippen LogP contribution in [-0.2, 0) is 17.1 Å². The van der Waals surface area contributed by atoms with E-state index in [1.165, 1.54) is 22.2 Å². The van der Waals surface area contributed by atoms with Gasteiger partial charge < -0.3 is 4.90 Å². The number of sulfonamides is 1. The Morgan fingerprint density at radius 3 is 2.19 bits per heavy atom. The van der Waals surface area contributed by atoms with Gasteiger partial charge in [0.05, 0.1) is 22.6 Å². The van der Waals surface area contributed by atoms with Crippen LogP contribution in [0.2, 0.25) is 5.02 Å². The zero-order valence-electron chi connectivity index (χ0n) is 12.3. The Hall–Kier alpha value is -1.73. The van der Waals surface area contributed by atoms with Crippen molar-refractivity contribution < 1.29 is 8.42 Å². The summed E-state index contributed by atoms with van der Waals surface area (Å²) in [5, 5.41) is 3.96. The first kappa shape index (κ1) is 15.7. The Balaban J connectivity index is 2.57. The molecule has 0 N–H and O–H groups in total. The van der Waals surface area contributed by atoms with Gasteiger partial charge >= 0.3 is 0 Å². The molecule has 0 atom stereocenters. The minimum absolute atomic E-state index is 0.0276. The van der Waals surface area contributed by atoms with E-state index in [4.69, 9.17) is 11.6 Å². The van der Waals surface area contributed by atoms with Crippen molar-refractivity contribution in [1.29, 1.82) is 0 Å². The second-order valence-corrected chi connectivity index (χ2v) is 7.07. The van der Waals surface area contributed by atoms with Gasteiger partial charge in [-0.2, -0.15) is 13.5 Å². The van der Waals surface area contributed by atoms with E-state index < -0.39 is 10.0 Å². The van der Waals surface area contributed by atoms with Crippen LogP contribution >= 0.6 is 11.6 Å². The lowest BCUT2D eigenvalue weighted by atomic mass is 10.2. The van der Waals surface area contributed by atoms with Gasteiger partial charge in [-0.25, -0.2) is 0 Å². The van der Waals surface area contributed by atoms with E-state index in [-0.39, 0.29) is 10.0 Å². The topological polar surface area (TPSA) is 58.4 Å². The molecule has 0 aliphatic heterocycles. The summed E-state index contributed by atoms with van der Waals surface area (Å²) in [6.07, 6.45) is 1.32. The van der Waals surface area contributed by atoms with Crippen LogP contribution in [0, 0.1) is 0 Å². The molecule has 0 unspecified atom stereocenters. The van der Waals surface area contributed by atoms with Crippen LogP contribution in [0.25, 0.3) is 0 Å². The van der Waals surface area contributed by atoms with Gasteiger partial charge in [0.1, 0.15) is 0 Å². The Kier molecular flexibility index (Phi) is 4.15. The molecule has 1 aromatic carbocycles. The standard InChI is InChI=1S/C13H17ClN4O2S/c1-16(2)11-7-5-6-8-12(11)18(4)21(19,20)13-10(14)9-15-17(13)3/h5-9H,1-4H3. The average molecular weight is 329 g/mol. The first-order valence-corrected chi connectivity index (χ1v) is 8.01. The monoisotopic (exact) mass is 328 g/mol. The first-order valence-electron chi connectivity index (χ1n) is 6.19. The second kappa shape index (κ2) is 5.57. The molecule has 0 saturated carbocycles. The van der Waals surface area contributed by atoms with Crippen LogP contribution in [0.4, 0.5) is 11.4 Å². The molecule has 0 fully saturated rings. The normalized spacial score (nSPS) is 11.5. The fraction of sp³-hybridized carbons (Fsp3) is 0.308. The fourth-order valence-electron chi connectivity index (χ4n) is 2.06. The zero-order chi connectivity index (χ0) is 15.8. The van der Waals surface area contributed by atoms with Gasteiger partial charge in [0.2, 0.25) is 0 Å². The van der Waals surface area contributed by atoms with Gasteiger partial charge in [0, 0.05) is 28.2 Å². The van der Waals surface area contributed by atoms with Crippen LogP contribution in [0.15, 0.2) is 35.5 Å². The van der Waals surface area contributed by atoms with Crippen molar-refractivity contribution in [3.8, 4) is 0 Å². The number of hydrogen-bond acceptors (Lipinski definition) is 4. The minimum Gasteiger partial charge on any atom is -0.376 e. The van der Waals surface area contributed by atoms with Gasteiger partial charge in [-0.15, -0.1) is 0 Å². The average Bonchev–Trinajstić information content (AvgIpc) is 2.77. The molecular formula is C13H17ClN4O2S. The molecule has 0 bridgehead atoms. The third-order valence-electron chi connectivity index (χ3n) is 3.15. The molecule has 21 heavy (non-hydrogen) atoms. The molecule has 2 aromatic rings. The van der Waals surface area contributed by atoms with E-state index in [9.17, 15) is 8.42 Å². The number of anilines is 2. The Labute approximate surface area is 129 Å². The van der Waals surface area contributed by atoms with Gasteiger partial charge in [-0.3, -0.25) is 8.99 Å². The van der Waals surface area contributed by atoms with Gasteiger partial charge in [-0.1, -0.05) is 23.7 Å². The van der Waals surface area contributed by atoms with Gasteiger partial charge in [-0.05, 0) is 12.1 Å². The number of nitrogens with zero attached hydrogens (tertiary/aromatic N) is 4. The summed E-state index contributed by atoms with van der Waals surface area (Å²) in [5.74, 6) is 0. The highest BCUT2D eigenvalue weighted by Crippen LogP contribution is 2.32. The van der Waals surface area contributed by atoms with Crippen LogP contribution < -0.4 is 9.21 Å². The van der Waals surface area contributed by atoms with E-state index in [1.54, 1.807) is 19.2 Å². The zero-order valence-corrected chi connectivity index (χ0v) is 13.9. The molecule has 114 valence electrons. The van der Waals surface area contributed by atoms with Crippen LogP contribution in [-0.4, -0.2) is 39.3 Å². The van der Waals surface area contributed by atoms with Crippen molar-refractivity contribution in [3.05, 3.63) is 35.5 Å².